The Hall–Kier alpha value is -3.01. The largest absolute Gasteiger partial charge is 0.372 e. The molecule has 0 aliphatic heterocycles. The molecule has 4 heteroatoms. The predicted molar refractivity (Wildman–Crippen MR) is 138 cm³/mol. The van der Waals surface area contributed by atoms with Crippen LogP contribution in [0.1, 0.15) is 59.6 Å². The fraction of sp³-hybridized carbons (Fsp3) is 0.414. The Balaban J connectivity index is 1.33. The van der Waals surface area contributed by atoms with E-state index in [1.165, 1.54) is 41.0 Å². The van der Waals surface area contributed by atoms with Crippen molar-refractivity contribution in [3.8, 4) is 5.69 Å². The number of nitrogens with one attached hydrogen (secondary N) is 1. The van der Waals surface area contributed by atoms with Gasteiger partial charge in [-0.2, -0.15) is 0 Å². The second kappa shape index (κ2) is 10.3. The Morgan fingerprint density at radius 3 is 2.64 bits per heavy atom. The number of anilines is 1. The summed E-state index contributed by atoms with van der Waals surface area (Å²) in [5, 5.41) is 3.09. The molecule has 0 radical (unpaired) electrons. The van der Waals surface area contributed by atoms with Gasteiger partial charge < -0.3 is 14.8 Å². The highest BCUT2D eigenvalue weighted by atomic mass is 16.1. The molecule has 4 nitrogen and oxygen atoms in total. The highest BCUT2D eigenvalue weighted by Crippen LogP contribution is 2.30. The number of amides is 1. The second-order valence-corrected chi connectivity index (χ2v) is 9.52. The smallest absolute Gasteiger partial charge is 0.251 e. The molecule has 1 amide bonds. The molecule has 2 aromatic carbocycles. The van der Waals surface area contributed by atoms with Gasteiger partial charge in [0.25, 0.3) is 5.91 Å². The van der Waals surface area contributed by atoms with Crippen LogP contribution in [-0.2, 0) is 12.8 Å². The zero-order valence-electron chi connectivity index (χ0n) is 20.5. The summed E-state index contributed by atoms with van der Waals surface area (Å²) in [6.07, 6.45) is 4.46. The highest BCUT2D eigenvalue weighted by Gasteiger charge is 2.21. The third kappa shape index (κ3) is 5.32. The number of rotatable bonds is 8. The number of hydrogen-bond acceptors (Lipinski definition) is 2. The number of aryl methyl sites for hydroxylation is 2. The average Bonchev–Trinajstić information content (AvgIpc) is 3.13. The molecule has 3 aromatic rings. The Morgan fingerprint density at radius 2 is 1.91 bits per heavy atom. The maximum Gasteiger partial charge on any atom is 0.251 e. The molecule has 4 rings (SSSR count). The molecule has 0 bridgehead atoms. The molecule has 1 unspecified atom stereocenters. The van der Waals surface area contributed by atoms with Gasteiger partial charge in [0.2, 0.25) is 0 Å². The van der Waals surface area contributed by atoms with Gasteiger partial charge in [-0.05, 0) is 106 Å². The molecule has 0 saturated heterocycles. The number of carbonyl (C=O) groups is 1. The van der Waals surface area contributed by atoms with Crippen LogP contribution in [0.25, 0.3) is 5.69 Å². The molecule has 0 spiro atoms. The molecule has 0 fully saturated rings. The van der Waals surface area contributed by atoms with Crippen molar-refractivity contribution in [3.63, 3.8) is 0 Å². The lowest BCUT2D eigenvalue weighted by molar-refractivity contribution is 0.0953. The zero-order valence-corrected chi connectivity index (χ0v) is 20.5. The molecule has 1 heterocycles. The van der Waals surface area contributed by atoms with E-state index in [0.29, 0.717) is 6.54 Å². The molecule has 1 aliphatic carbocycles. The third-order valence-corrected chi connectivity index (χ3v) is 6.85. The van der Waals surface area contributed by atoms with Gasteiger partial charge in [-0.15, -0.1) is 0 Å². The number of fused-ring (bicyclic) bond motifs is 1. The molecular formula is C29H37N3O. The lowest BCUT2D eigenvalue weighted by Gasteiger charge is -2.23. The van der Waals surface area contributed by atoms with Crippen LogP contribution >= 0.6 is 0 Å². The first-order valence-electron chi connectivity index (χ1n) is 12.4. The van der Waals surface area contributed by atoms with Crippen molar-refractivity contribution in [2.24, 2.45) is 5.92 Å². The summed E-state index contributed by atoms with van der Waals surface area (Å²) in [7, 11) is 0. The van der Waals surface area contributed by atoms with E-state index in [9.17, 15) is 4.79 Å². The van der Waals surface area contributed by atoms with Gasteiger partial charge in [0.05, 0.1) is 0 Å². The standard InChI is InChI=1S/C29H37N3O/c1-5-31(27-9-6-8-21(2)19-27)17-7-16-30-29(33)24-11-13-26(14-12-24)32-23(4)20-25-18-22(3)10-15-28(25)32/h6,8-9,11-14,19-20,22H,5,7,10,15-18H2,1-4H3,(H,30,33). The van der Waals surface area contributed by atoms with E-state index in [1.807, 2.05) is 12.1 Å². The van der Waals surface area contributed by atoms with Crippen molar-refractivity contribution in [1.82, 2.24) is 9.88 Å². The van der Waals surface area contributed by atoms with E-state index in [2.05, 4.69) is 84.9 Å². The Morgan fingerprint density at radius 1 is 1.12 bits per heavy atom. The minimum Gasteiger partial charge on any atom is -0.372 e. The van der Waals surface area contributed by atoms with E-state index in [-0.39, 0.29) is 5.91 Å². The monoisotopic (exact) mass is 443 g/mol. The van der Waals surface area contributed by atoms with Gasteiger partial charge in [0, 0.05) is 48.0 Å². The summed E-state index contributed by atoms with van der Waals surface area (Å²) in [5.41, 5.74) is 8.59. The number of aromatic nitrogens is 1. The maximum atomic E-state index is 12.7. The fourth-order valence-electron chi connectivity index (χ4n) is 5.06. The van der Waals surface area contributed by atoms with Crippen LogP contribution in [0.3, 0.4) is 0 Å². The van der Waals surface area contributed by atoms with E-state index in [4.69, 9.17) is 0 Å². The predicted octanol–water partition coefficient (Wildman–Crippen LogP) is 5.87. The average molecular weight is 444 g/mol. The topological polar surface area (TPSA) is 37.3 Å². The van der Waals surface area contributed by atoms with Crippen molar-refractivity contribution in [2.45, 2.75) is 53.4 Å². The van der Waals surface area contributed by atoms with Crippen LogP contribution in [0.4, 0.5) is 5.69 Å². The number of hydrogen-bond donors (Lipinski definition) is 1. The van der Waals surface area contributed by atoms with E-state index in [0.717, 1.165) is 43.1 Å². The number of nitrogens with zero attached hydrogens (tertiary/aromatic N) is 2. The van der Waals surface area contributed by atoms with Crippen LogP contribution in [0.15, 0.2) is 54.6 Å². The van der Waals surface area contributed by atoms with Gasteiger partial charge >= 0.3 is 0 Å². The SMILES string of the molecule is CCN(CCCNC(=O)c1ccc(-n2c(C)cc3c2CCC(C)C3)cc1)c1cccc(C)c1. The van der Waals surface area contributed by atoms with Gasteiger partial charge in [-0.25, -0.2) is 0 Å². The fourth-order valence-corrected chi connectivity index (χ4v) is 5.06. The lowest BCUT2D eigenvalue weighted by Crippen LogP contribution is -2.30. The quantitative estimate of drug-likeness (QED) is 0.442. The zero-order chi connectivity index (χ0) is 23.4. The van der Waals surface area contributed by atoms with Crippen LogP contribution in [0.5, 0.6) is 0 Å². The molecule has 1 aromatic heterocycles. The van der Waals surface area contributed by atoms with Crippen LogP contribution in [0.2, 0.25) is 0 Å². The summed E-state index contributed by atoms with van der Waals surface area (Å²) < 4.78 is 2.37. The summed E-state index contributed by atoms with van der Waals surface area (Å²) in [5.74, 6) is 0.764. The van der Waals surface area contributed by atoms with Crippen molar-refractivity contribution in [2.75, 3.05) is 24.5 Å². The Bertz CT molecular complexity index is 1100. The molecule has 1 N–H and O–H groups in total. The van der Waals surface area contributed by atoms with Gasteiger partial charge in [0.15, 0.2) is 0 Å². The van der Waals surface area contributed by atoms with Crippen molar-refractivity contribution < 1.29 is 4.79 Å². The molecule has 1 aliphatic rings. The lowest BCUT2D eigenvalue weighted by atomic mass is 9.89. The first kappa shape index (κ1) is 23.2. The van der Waals surface area contributed by atoms with Gasteiger partial charge in [-0.3, -0.25) is 4.79 Å². The maximum absolute atomic E-state index is 12.7. The Kier molecular flexibility index (Phi) is 7.22. The summed E-state index contributed by atoms with van der Waals surface area (Å²) >= 11 is 0. The van der Waals surface area contributed by atoms with Crippen LogP contribution in [-0.4, -0.2) is 30.1 Å². The normalized spacial score (nSPS) is 15.2. The first-order valence-corrected chi connectivity index (χ1v) is 12.4. The molecule has 33 heavy (non-hydrogen) atoms. The molecule has 174 valence electrons. The summed E-state index contributed by atoms with van der Waals surface area (Å²) in [6.45, 7) is 11.4. The third-order valence-electron chi connectivity index (χ3n) is 6.85. The van der Waals surface area contributed by atoms with E-state index in [1.54, 1.807) is 0 Å². The van der Waals surface area contributed by atoms with Crippen molar-refractivity contribution in [3.05, 3.63) is 82.7 Å². The van der Waals surface area contributed by atoms with Crippen molar-refractivity contribution >= 4 is 11.6 Å². The van der Waals surface area contributed by atoms with Crippen LogP contribution in [0, 0.1) is 19.8 Å². The minimum atomic E-state index is 0.000218. The van der Waals surface area contributed by atoms with Gasteiger partial charge in [0.1, 0.15) is 0 Å². The van der Waals surface area contributed by atoms with Crippen LogP contribution < -0.4 is 10.2 Å². The Labute approximate surface area is 198 Å². The molecule has 1 atom stereocenters. The number of carbonyl (C=O) groups excluding carboxylic acids is 1. The number of benzene rings is 2. The minimum absolute atomic E-state index is 0.000218. The van der Waals surface area contributed by atoms with Crippen molar-refractivity contribution in [1.29, 1.82) is 0 Å². The van der Waals surface area contributed by atoms with E-state index < -0.39 is 0 Å². The molecule has 0 saturated carbocycles. The summed E-state index contributed by atoms with van der Waals surface area (Å²) in [6, 6.07) is 19.0. The van der Waals surface area contributed by atoms with E-state index >= 15 is 0 Å². The van der Waals surface area contributed by atoms with Gasteiger partial charge in [-0.1, -0.05) is 19.1 Å². The second-order valence-electron chi connectivity index (χ2n) is 9.52. The first-order chi connectivity index (χ1) is 16.0. The summed E-state index contributed by atoms with van der Waals surface area (Å²) in [4.78, 5) is 15.0. The molecular weight excluding hydrogens is 406 g/mol. The highest BCUT2D eigenvalue weighted by molar-refractivity contribution is 5.94.